The lowest BCUT2D eigenvalue weighted by Gasteiger charge is -2.26. The first-order valence-corrected chi connectivity index (χ1v) is 12.4. The van der Waals surface area contributed by atoms with Crippen LogP contribution in [0.1, 0.15) is 37.4 Å². The van der Waals surface area contributed by atoms with Crippen molar-refractivity contribution in [1.82, 2.24) is 10.3 Å². The maximum atomic E-state index is 14.6. The van der Waals surface area contributed by atoms with Crippen molar-refractivity contribution in [2.24, 2.45) is 0 Å². The van der Waals surface area contributed by atoms with Crippen LogP contribution in [-0.2, 0) is 0 Å². The molecule has 8 heteroatoms. The molecule has 0 saturated carbocycles. The van der Waals surface area contributed by atoms with E-state index in [1.165, 1.54) is 6.07 Å². The summed E-state index contributed by atoms with van der Waals surface area (Å²) in [4.78, 5) is 6.57. The summed E-state index contributed by atoms with van der Waals surface area (Å²) in [5.41, 5.74) is 2.11. The monoisotopic (exact) mass is 551 g/mol. The summed E-state index contributed by atoms with van der Waals surface area (Å²) in [7, 11) is 0. The van der Waals surface area contributed by atoms with Crippen molar-refractivity contribution in [3.8, 4) is 17.1 Å². The second-order valence-corrected chi connectivity index (χ2v) is 9.79. The van der Waals surface area contributed by atoms with Crippen molar-refractivity contribution in [1.29, 1.82) is 0 Å². The third kappa shape index (κ3) is 4.81. The molecule has 0 aliphatic carbocycles. The molecule has 0 amide bonds. The van der Waals surface area contributed by atoms with Gasteiger partial charge in [0.1, 0.15) is 29.1 Å². The molecule has 0 bridgehead atoms. The number of halogens is 2. The minimum absolute atomic E-state index is 0.0807. The number of nitrogens with zero attached hydrogens (tertiary/aromatic N) is 2. The number of rotatable bonds is 6. The number of thiocarbonyl (C=S) groups is 1. The molecule has 1 saturated heterocycles. The van der Waals surface area contributed by atoms with Crippen LogP contribution in [0.3, 0.4) is 0 Å². The molecule has 4 aromatic rings. The van der Waals surface area contributed by atoms with Crippen LogP contribution in [0.15, 0.2) is 87.9 Å². The summed E-state index contributed by atoms with van der Waals surface area (Å²) in [6, 6.07) is 21.5. The van der Waals surface area contributed by atoms with Crippen LogP contribution in [0.4, 0.5) is 10.1 Å². The van der Waals surface area contributed by atoms with E-state index in [0.29, 0.717) is 26.7 Å². The van der Waals surface area contributed by atoms with Crippen molar-refractivity contribution in [2.45, 2.75) is 32.0 Å². The lowest BCUT2D eigenvalue weighted by atomic mass is 10.0. The van der Waals surface area contributed by atoms with Crippen LogP contribution in [0.2, 0.25) is 0 Å². The Balaban J connectivity index is 1.56. The molecule has 0 spiro atoms. The Labute approximate surface area is 217 Å². The molecule has 35 heavy (non-hydrogen) atoms. The van der Waals surface area contributed by atoms with Gasteiger partial charge in [-0.25, -0.2) is 4.39 Å². The molecular formula is C27H23BrFN3O2S. The topological polar surface area (TPSA) is 50.5 Å². The fraction of sp³-hybridized carbons (Fsp3) is 0.185. The third-order valence-corrected chi connectivity index (χ3v) is 6.51. The van der Waals surface area contributed by atoms with E-state index in [4.69, 9.17) is 21.4 Å². The number of aromatic nitrogens is 1. The van der Waals surface area contributed by atoms with Gasteiger partial charge in [-0.05, 0) is 92.8 Å². The predicted octanol–water partition coefficient (Wildman–Crippen LogP) is 7.21. The summed E-state index contributed by atoms with van der Waals surface area (Å²) < 4.78 is 27.4. The van der Waals surface area contributed by atoms with E-state index < -0.39 is 0 Å². The molecule has 1 aliphatic heterocycles. The van der Waals surface area contributed by atoms with Crippen LogP contribution in [-0.4, -0.2) is 16.2 Å². The molecule has 2 aromatic heterocycles. The number of benzene rings is 2. The quantitative estimate of drug-likeness (QED) is 0.255. The Bertz CT molecular complexity index is 1340. The van der Waals surface area contributed by atoms with Gasteiger partial charge >= 0.3 is 0 Å². The first kappa shape index (κ1) is 23.5. The van der Waals surface area contributed by atoms with Crippen molar-refractivity contribution in [3.63, 3.8) is 0 Å². The highest BCUT2D eigenvalue weighted by Crippen LogP contribution is 2.43. The zero-order valence-electron chi connectivity index (χ0n) is 19.1. The zero-order valence-corrected chi connectivity index (χ0v) is 21.5. The Morgan fingerprint density at radius 1 is 1.09 bits per heavy atom. The summed E-state index contributed by atoms with van der Waals surface area (Å²) >= 11 is 9.07. The molecule has 178 valence electrons. The second-order valence-electron chi connectivity index (χ2n) is 8.48. The van der Waals surface area contributed by atoms with Crippen LogP contribution < -0.4 is 15.0 Å². The van der Waals surface area contributed by atoms with E-state index in [9.17, 15) is 4.39 Å². The summed E-state index contributed by atoms with van der Waals surface area (Å²) in [5.74, 6) is 1.51. The second kappa shape index (κ2) is 9.79. The van der Waals surface area contributed by atoms with Crippen LogP contribution in [0.25, 0.3) is 11.3 Å². The fourth-order valence-electron chi connectivity index (χ4n) is 4.23. The van der Waals surface area contributed by atoms with E-state index in [1.807, 2.05) is 67.3 Å². The number of hydrogen-bond acceptors (Lipinski definition) is 4. The molecule has 1 aliphatic rings. The molecule has 5 rings (SSSR count). The van der Waals surface area contributed by atoms with Crippen molar-refractivity contribution >= 4 is 38.9 Å². The average Bonchev–Trinajstić information content (AvgIpc) is 3.44. The zero-order chi connectivity index (χ0) is 24.5. The Morgan fingerprint density at radius 3 is 2.57 bits per heavy atom. The molecule has 2 atom stereocenters. The van der Waals surface area contributed by atoms with E-state index >= 15 is 0 Å². The highest BCUT2D eigenvalue weighted by Gasteiger charge is 2.42. The van der Waals surface area contributed by atoms with Crippen LogP contribution >= 0.6 is 28.1 Å². The van der Waals surface area contributed by atoms with Gasteiger partial charge in [-0.1, -0.05) is 22.0 Å². The van der Waals surface area contributed by atoms with E-state index in [2.05, 4.69) is 26.2 Å². The Kier molecular flexibility index (Phi) is 6.58. The molecule has 0 unspecified atom stereocenters. The van der Waals surface area contributed by atoms with Gasteiger partial charge in [0, 0.05) is 16.4 Å². The number of pyridine rings is 1. The van der Waals surface area contributed by atoms with Crippen molar-refractivity contribution < 1.29 is 13.5 Å². The lowest BCUT2D eigenvalue weighted by Crippen LogP contribution is -2.29. The van der Waals surface area contributed by atoms with Crippen LogP contribution in [0.5, 0.6) is 5.75 Å². The maximum Gasteiger partial charge on any atom is 0.174 e. The van der Waals surface area contributed by atoms with Gasteiger partial charge < -0.3 is 19.4 Å². The largest absolute Gasteiger partial charge is 0.491 e. The molecule has 1 fully saturated rings. The molecule has 2 aromatic carbocycles. The molecular weight excluding hydrogens is 529 g/mol. The molecule has 1 N–H and O–H groups in total. The van der Waals surface area contributed by atoms with Gasteiger partial charge in [0.2, 0.25) is 0 Å². The molecule has 0 radical (unpaired) electrons. The van der Waals surface area contributed by atoms with Gasteiger partial charge in [0.25, 0.3) is 0 Å². The van der Waals surface area contributed by atoms with Gasteiger partial charge in [-0.3, -0.25) is 4.98 Å². The minimum atomic E-state index is -0.362. The highest BCUT2D eigenvalue weighted by atomic mass is 79.9. The standard InChI is InChI=1S/C27H23BrFN3O2S/c1-16(2)33-19-9-7-18(8-10-19)32-26(25(31-27(32)35)22-5-3-4-14-30-22)24-13-12-23(34-24)20-11-6-17(28)15-21(20)29/h3-16,25-26H,1-2H3,(H,31,35)/t25-,26+/m0/s1. The lowest BCUT2D eigenvalue weighted by molar-refractivity contribution is 0.242. The number of hydrogen-bond donors (Lipinski definition) is 1. The average molecular weight is 552 g/mol. The van der Waals surface area contributed by atoms with Gasteiger partial charge in [-0.2, -0.15) is 0 Å². The summed E-state index contributed by atoms with van der Waals surface area (Å²) in [5, 5.41) is 3.96. The third-order valence-electron chi connectivity index (χ3n) is 5.70. The molecule has 5 nitrogen and oxygen atoms in total. The fourth-order valence-corrected chi connectivity index (χ4v) is 4.90. The molecule has 3 heterocycles. The van der Waals surface area contributed by atoms with Crippen LogP contribution in [0, 0.1) is 5.82 Å². The van der Waals surface area contributed by atoms with Gasteiger partial charge in [0.15, 0.2) is 5.11 Å². The summed E-state index contributed by atoms with van der Waals surface area (Å²) in [6.45, 7) is 3.98. The number of ether oxygens (including phenoxy) is 1. The predicted molar refractivity (Wildman–Crippen MR) is 142 cm³/mol. The minimum Gasteiger partial charge on any atom is -0.491 e. The SMILES string of the molecule is CC(C)Oc1ccc(N2C(=S)N[C@@H](c3ccccn3)[C@H]2c2ccc(-c3ccc(Br)cc3F)o2)cc1. The Morgan fingerprint density at radius 2 is 1.89 bits per heavy atom. The smallest absolute Gasteiger partial charge is 0.174 e. The highest BCUT2D eigenvalue weighted by molar-refractivity contribution is 9.10. The Hall–Kier alpha value is -3.23. The van der Waals surface area contributed by atoms with Gasteiger partial charge in [0.05, 0.1) is 23.4 Å². The summed E-state index contributed by atoms with van der Waals surface area (Å²) in [6.07, 6.45) is 1.83. The van der Waals surface area contributed by atoms with Crippen molar-refractivity contribution in [3.05, 3.63) is 101 Å². The van der Waals surface area contributed by atoms with E-state index in [1.54, 1.807) is 24.4 Å². The van der Waals surface area contributed by atoms with E-state index in [-0.39, 0.29) is 24.0 Å². The number of anilines is 1. The first-order valence-electron chi connectivity index (χ1n) is 11.2. The normalized spacial score (nSPS) is 17.6. The van der Waals surface area contributed by atoms with Crippen molar-refractivity contribution in [2.75, 3.05) is 4.90 Å². The maximum absolute atomic E-state index is 14.6. The number of nitrogens with one attached hydrogen (secondary N) is 1. The van der Waals surface area contributed by atoms with E-state index in [0.717, 1.165) is 17.1 Å². The van der Waals surface area contributed by atoms with Gasteiger partial charge in [-0.15, -0.1) is 0 Å². The first-order chi connectivity index (χ1) is 16.9. The number of furan rings is 1.